The third-order valence-corrected chi connectivity index (χ3v) is 5.32. The van der Waals surface area contributed by atoms with Crippen molar-refractivity contribution in [3.05, 3.63) is 28.2 Å². The first-order valence-electron chi connectivity index (χ1n) is 5.97. The number of nitrogens with two attached hydrogens (primary N) is 1. The van der Waals surface area contributed by atoms with E-state index in [4.69, 9.17) is 28.9 Å². The quantitative estimate of drug-likeness (QED) is 0.817. The Hall–Kier alpha value is -0.0400. The number of halogens is 3. The first-order chi connectivity index (χ1) is 8.74. The van der Waals surface area contributed by atoms with Gasteiger partial charge in [-0.1, -0.05) is 37.0 Å². The molecule has 1 aromatic carbocycles. The summed E-state index contributed by atoms with van der Waals surface area (Å²) >= 11 is 11.7. The van der Waals surface area contributed by atoms with Gasteiger partial charge in [0.25, 0.3) is 0 Å². The smallest absolute Gasteiger partial charge is 0.242 e. The third-order valence-electron chi connectivity index (χ3n) is 3.21. The molecular formula is C12H19Cl3N2O2S. The molecule has 0 aliphatic heterocycles. The predicted molar refractivity (Wildman–Crippen MR) is 86.4 cm³/mol. The van der Waals surface area contributed by atoms with E-state index in [-0.39, 0.29) is 28.9 Å². The van der Waals surface area contributed by atoms with Gasteiger partial charge in [-0.3, -0.25) is 0 Å². The van der Waals surface area contributed by atoms with Crippen molar-refractivity contribution < 1.29 is 8.42 Å². The van der Waals surface area contributed by atoms with E-state index in [1.165, 1.54) is 18.2 Å². The molecule has 20 heavy (non-hydrogen) atoms. The maximum absolute atomic E-state index is 12.2. The van der Waals surface area contributed by atoms with Gasteiger partial charge in [0.15, 0.2) is 0 Å². The van der Waals surface area contributed by atoms with Gasteiger partial charge in [-0.15, -0.1) is 12.4 Å². The summed E-state index contributed by atoms with van der Waals surface area (Å²) in [6.45, 7) is 4.00. The largest absolute Gasteiger partial charge is 0.324 e. The van der Waals surface area contributed by atoms with Crippen molar-refractivity contribution in [3.63, 3.8) is 0 Å². The molecule has 0 fully saturated rings. The Bertz CT molecular complexity index is 546. The van der Waals surface area contributed by atoms with Crippen LogP contribution in [-0.2, 0) is 10.0 Å². The van der Waals surface area contributed by atoms with Crippen LogP contribution in [0.2, 0.25) is 10.0 Å². The van der Waals surface area contributed by atoms with Gasteiger partial charge in [-0.05, 0) is 31.0 Å². The van der Waals surface area contributed by atoms with Crippen molar-refractivity contribution in [3.8, 4) is 0 Å². The lowest BCUT2D eigenvalue weighted by Crippen LogP contribution is -2.49. The van der Waals surface area contributed by atoms with Crippen molar-refractivity contribution >= 4 is 45.6 Å². The summed E-state index contributed by atoms with van der Waals surface area (Å²) in [6.07, 6.45) is 1.35. The van der Waals surface area contributed by atoms with Crippen LogP contribution in [0.3, 0.4) is 0 Å². The van der Waals surface area contributed by atoms with Gasteiger partial charge >= 0.3 is 0 Å². The van der Waals surface area contributed by atoms with Gasteiger partial charge in [0, 0.05) is 17.1 Å². The average Bonchev–Trinajstić information content (AvgIpc) is 2.39. The first-order valence-corrected chi connectivity index (χ1v) is 8.21. The molecule has 3 N–H and O–H groups in total. The number of rotatable bonds is 6. The Morgan fingerprint density at radius 1 is 1.25 bits per heavy atom. The van der Waals surface area contributed by atoms with Crippen LogP contribution in [0.15, 0.2) is 23.1 Å². The molecule has 0 spiro atoms. The summed E-state index contributed by atoms with van der Waals surface area (Å²) in [5.41, 5.74) is 5.51. The fraction of sp³-hybridized carbons (Fsp3) is 0.500. The molecule has 0 radical (unpaired) electrons. The summed E-state index contributed by atoms with van der Waals surface area (Å²) in [5, 5.41) is 0.447. The van der Waals surface area contributed by atoms with Crippen LogP contribution >= 0.6 is 35.6 Å². The number of benzene rings is 1. The third kappa shape index (κ3) is 5.06. The molecule has 0 saturated heterocycles. The molecule has 1 aromatic rings. The van der Waals surface area contributed by atoms with E-state index in [1.54, 1.807) is 0 Å². The van der Waals surface area contributed by atoms with Crippen LogP contribution in [-0.4, -0.2) is 20.5 Å². The number of nitrogens with one attached hydrogen (secondary N) is 1. The van der Waals surface area contributed by atoms with Crippen molar-refractivity contribution in [2.75, 3.05) is 6.54 Å². The Labute approximate surface area is 136 Å². The second kappa shape index (κ2) is 7.82. The highest BCUT2D eigenvalue weighted by Crippen LogP contribution is 2.25. The normalized spacial score (nSPS) is 12.1. The van der Waals surface area contributed by atoms with Crippen LogP contribution in [0.5, 0.6) is 0 Å². The van der Waals surface area contributed by atoms with Crippen molar-refractivity contribution in [1.29, 1.82) is 0 Å². The molecule has 0 heterocycles. The molecule has 4 nitrogen and oxygen atoms in total. The van der Waals surface area contributed by atoms with Crippen molar-refractivity contribution in [2.24, 2.45) is 5.73 Å². The fourth-order valence-corrected chi connectivity index (χ4v) is 3.40. The SMILES string of the molecule is CCC(N)(CC)CNS(=O)(=O)c1cc(Cl)ccc1Cl.Cl. The first kappa shape index (κ1) is 20.0. The van der Waals surface area contributed by atoms with Crippen LogP contribution in [0.25, 0.3) is 0 Å². The Morgan fingerprint density at radius 2 is 1.80 bits per heavy atom. The van der Waals surface area contributed by atoms with Crippen LogP contribution in [0.4, 0.5) is 0 Å². The summed E-state index contributed by atoms with van der Waals surface area (Å²) in [6, 6.07) is 4.31. The molecular weight excluding hydrogens is 343 g/mol. The highest BCUT2D eigenvalue weighted by Gasteiger charge is 2.25. The molecule has 0 unspecified atom stereocenters. The lowest BCUT2D eigenvalue weighted by atomic mass is 9.95. The minimum Gasteiger partial charge on any atom is -0.324 e. The van der Waals surface area contributed by atoms with Crippen molar-refractivity contribution in [1.82, 2.24) is 4.72 Å². The summed E-state index contributed by atoms with van der Waals surface area (Å²) in [5.74, 6) is 0. The van der Waals surface area contributed by atoms with E-state index in [0.717, 1.165) is 0 Å². The van der Waals surface area contributed by atoms with Crippen LogP contribution in [0.1, 0.15) is 26.7 Å². The molecule has 0 bridgehead atoms. The number of hydrogen-bond donors (Lipinski definition) is 2. The summed E-state index contributed by atoms with van der Waals surface area (Å²) in [4.78, 5) is -0.0313. The van der Waals surface area contributed by atoms with Gasteiger partial charge in [0.1, 0.15) is 4.90 Å². The van der Waals surface area contributed by atoms with E-state index in [0.29, 0.717) is 17.9 Å². The Kier molecular flexibility index (Phi) is 7.81. The molecule has 116 valence electrons. The molecule has 0 atom stereocenters. The van der Waals surface area contributed by atoms with Gasteiger partial charge < -0.3 is 5.73 Å². The summed E-state index contributed by atoms with van der Waals surface area (Å²) < 4.78 is 26.8. The molecule has 0 aliphatic carbocycles. The van der Waals surface area contributed by atoms with Crippen molar-refractivity contribution in [2.45, 2.75) is 37.1 Å². The zero-order valence-corrected chi connectivity index (χ0v) is 14.5. The monoisotopic (exact) mass is 360 g/mol. The molecule has 0 amide bonds. The number of hydrogen-bond acceptors (Lipinski definition) is 3. The standard InChI is InChI=1S/C12H18Cl2N2O2S.ClH/c1-3-12(15,4-2)8-16-19(17,18)11-7-9(13)5-6-10(11)14;/h5-7,16H,3-4,8,15H2,1-2H3;1H. The van der Waals surface area contributed by atoms with Crippen LogP contribution < -0.4 is 10.5 Å². The predicted octanol–water partition coefficient (Wildman–Crippen LogP) is 3.21. The Balaban J connectivity index is 0.00000361. The zero-order chi connectivity index (χ0) is 14.7. The second-order valence-corrected chi connectivity index (χ2v) is 7.05. The molecule has 0 aliphatic rings. The zero-order valence-electron chi connectivity index (χ0n) is 11.3. The molecule has 8 heteroatoms. The average molecular weight is 362 g/mol. The van der Waals surface area contributed by atoms with Gasteiger partial charge in [0.05, 0.1) is 5.02 Å². The van der Waals surface area contributed by atoms with E-state index in [2.05, 4.69) is 4.72 Å². The van der Waals surface area contributed by atoms with Gasteiger partial charge in [0.2, 0.25) is 10.0 Å². The highest BCUT2D eigenvalue weighted by molar-refractivity contribution is 7.89. The second-order valence-electron chi connectivity index (χ2n) is 4.47. The van der Waals surface area contributed by atoms with E-state index < -0.39 is 15.6 Å². The number of sulfonamides is 1. The maximum atomic E-state index is 12.2. The van der Waals surface area contributed by atoms with Gasteiger partial charge in [-0.2, -0.15) is 0 Å². The highest BCUT2D eigenvalue weighted by atomic mass is 35.5. The molecule has 0 aromatic heterocycles. The topological polar surface area (TPSA) is 72.2 Å². The van der Waals surface area contributed by atoms with Gasteiger partial charge in [-0.25, -0.2) is 13.1 Å². The fourth-order valence-electron chi connectivity index (χ4n) is 1.50. The summed E-state index contributed by atoms with van der Waals surface area (Å²) in [7, 11) is -3.71. The Morgan fingerprint density at radius 3 is 2.30 bits per heavy atom. The van der Waals surface area contributed by atoms with E-state index in [9.17, 15) is 8.42 Å². The van der Waals surface area contributed by atoms with E-state index in [1.807, 2.05) is 13.8 Å². The lowest BCUT2D eigenvalue weighted by Gasteiger charge is -2.26. The minimum atomic E-state index is -3.71. The van der Waals surface area contributed by atoms with Crippen LogP contribution in [0, 0.1) is 0 Å². The minimum absolute atomic E-state index is 0. The maximum Gasteiger partial charge on any atom is 0.242 e. The lowest BCUT2D eigenvalue weighted by molar-refractivity contribution is 0.392. The van der Waals surface area contributed by atoms with E-state index >= 15 is 0 Å². The molecule has 1 rings (SSSR count). The molecule has 0 saturated carbocycles.